The van der Waals surface area contributed by atoms with Crippen molar-refractivity contribution in [2.24, 2.45) is 0 Å². The second-order valence-corrected chi connectivity index (χ2v) is 7.94. The molecule has 2 aromatic carbocycles. The first kappa shape index (κ1) is 19.2. The summed E-state index contributed by atoms with van der Waals surface area (Å²) in [4.78, 5) is 0. The lowest BCUT2D eigenvalue weighted by Gasteiger charge is -2.23. The van der Waals surface area contributed by atoms with Gasteiger partial charge in [0.05, 0.1) is 7.11 Å². The van der Waals surface area contributed by atoms with Crippen LogP contribution in [0.25, 0.3) is 0 Å². The van der Waals surface area contributed by atoms with Gasteiger partial charge in [0.2, 0.25) is 0 Å². The van der Waals surface area contributed by atoms with Crippen LogP contribution >= 0.6 is 15.9 Å². The number of aryl methyl sites for hydroxylation is 1. The average molecular weight is 418 g/mol. The average Bonchev–Trinajstić information content (AvgIpc) is 2.66. The number of nitrogens with one attached hydrogen (secondary N) is 1. The van der Waals surface area contributed by atoms with Crippen LogP contribution in [0.15, 0.2) is 40.9 Å². The van der Waals surface area contributed by atoms with E-state index in [1.807, 2.05) is 6.07 Å². The standard InChI is InChI=1S/C22H28BrNO2/c1-16-7-6-8-17(11-16)15-26-22-13-20(23)18(12-21(22)25-2)14-24-19-9-4-3-5-10-19/h6-8,11-13,19,24H,3-5,9-10,14-15H2,1-2H3. The Labute approximate surface area is 165 Å². The molecule has 0 aromatic heterocycles. The fraction of sp³-hybridized carbons (Fsp3) is 0.455. The topological polar surface area (TPSA) is 30.5 Å². The molecule has 2 aromatic rings. The van der Waals surface area contributed by atoms with E-state index in [4.69, 9.17) is 9.47 Å². The van der Waals surface area contributed by atoms with Crippen molar-refractivity contribution in [3.8, 4) is 11.5 Å². The van der Waals surface area contributed by atoms with Gasteiger partial charge in [-0.1, -0.05) is 65.0 Å². The Morgan fingerprint density at radius 1 is 1.08 bits per heavy atom. The number of methoxy groups -OCH3 is 1. The van der Waals surface area contributed by atoms with Crippen molar-refractivity contribution in [1.29, 1.82) is 0 Å². The van der Waals surface area contributed by atoms with Crippen LogP contribution in [0.3, 0.4) is 0 Å². The molecule has 0 amide bonds. The molecule has 1 N–H and O–H groups in total. The normalized spacial score (nSPS) is 15.0. The quantitative estimate of drug-likeness (QED) is 0.620. The third kappa shape index (κ3) is 5.24. The first-order valence-electron chi connectivity index (χ1n) is 9.44. The molecule has 1 saturated carbocycles. The first-order valence-corrected chi connectivity index (χ1v) is 10.2. The highest BCUT2D eigenvalue weighted by atomic mass is 79.9. The van der Waals surface area contributed by atoms with E-state index in [2.05, 4.69) is 58.5 Å². The molecule has 0 atom stereocenters. The summed E-state index contributed by atoms with van der Waals surface area (Å²) < 4.78 is 12.7. The van der Waals surface area contributed by atoms with Crippen LogP contribution in [0.1, 0.15) is 48.8 Å². The molecule has 0 bridgehead atoms. The predicted octanol–water partition coefficient (Wildman–Crippen LogP) is 5.77. The van der Waals surface area contributed by atoms with Crippen LogP contribution in [0.4, 0.5) is 0 Å². The Morgan fingerprint density at radius 3 is 2.62 bits per heavy atom. The highest BCUT2D eigenvalue weighted by Gasteiger charge is 2.15. The summed E-state index contributed by atoms with van der Waals surface area (Å²) in [5.41, 5.74) is 3.60. The zero-order chi connectivity index (χ0) is 18.4. The van der Waals surface area contributed by atoms with Crippen molar-refractivity contribution in [2.75, 3.05) is 7.11 Å². The molecule has 0 spiro atoms. The van der Waals surface area contributed by atoms with Crippen LogP contribution in [-0.2, 0) is 13.2 Å². The maximum Gasteiger partial charge on any atom is 0.162 e. The van der Waals surface area contributed by atoms with Crippen LogP contribution in [0.2, 0.25) is 0 Å². The third-order valence-corrected chi connectivity index (χ3v) is 5.73. The Morgan fingerprint density at radius 2 is 1.88 bits per heavy atom. The molecule has 0 saturated heterocycles. The molecule has 0 radical (unpaired) electrons. The van der Waals surface area contributed by atoms with E-state index in [0.717, 1.165) is 28.1 Å². The molecule has 0 heterocycles. The Kier molecular flexibility index (Phi) is 6.98. The molecular weight excluding hydrogens is 390 g/mol. The van der Waals surface area contributed by atoms with Gasteiger partial charge < -0.3 is 14.8 Å². The van der Waals surface area contributed by atoms with Gasteiger partial charge >= 0.3 is 0 Å². The van der Waals surface area contributed by atoms with E-state index in [1.165, 1.54) is 43.2 Å². The predicted molar refractivity (Wildman–Crippen MR) is 110 cm³/mol. The fourth-order valence-electron chi connectivity index (χ4n) is 3.51. The molecular formula is C22H28BrNO2. The van der Waals surface area contributed by atoms with E-state index in [1.54, 1.807) is 7.11 Å². The van der Waals surface area contributed by atoms with Gasteiger partial charge in [-0.15, -0.1) is 0 Å². The summed E-state index contributed by atoms with van der Waals surface area (Å²) in [5.74, 6) is 1.54. The van der Waals surface area contributed by atoms with Crippen LogP contribution in [-0.4, -0.2) is 13.2 Å². The number of hydrogen-bond acceptors (Lipinski definition) is 3. The highest BCUT2D eigenvalue weighted by Crippen LogP contribution is 2.34. The molecule has 0 unspecified atom stereocenters. The van der Waals surface area contributed by atoms with Gasteiger partial charge in [0.1, 0.15) is 6.61 Å². The second-order valence-electron chi connectivity index (χ2n) is 7.09. The van der Waals surface area contributed by atoms with E-state index < -0.39 is 0 Å². The molecule has 140 valence electrons. The van der Waals surface area contributed by atoms with E-state index in [-0.39, 0.29) is 0 Å². The van der Waals surface area contributed by atoms with Gasteiger partial charge in [0.15, 0.2) is 11.5 Å². The smallest absolute Gasteiger partial charge is 0.162 e. The van der Waals surface area contributed by atoms with Gasteiger partial charge in [0, 0.05) is 17.1 Å². The number of ether oxygens (including phenoxy) is 2. The summed E-state index contributed by atoms with van der Waals surface area (Å²) in [7, 11) is 1.70. The maximum absolute atomic E-state index is 6.02. The number of benzene rings is 2. The van der Waals surface area contributed by atoms with Gasteiger partial charge in [-0.2, -0.15) is 0 Å². The molecule has 1 aliphatic rings. The van der Waals surface area contributed by atoms with E-state index in [0.29, 0.717) is 12.6 Å². The van der Waals surface area contributed by atoms with Crippen LogP contribution < -0.4 is 14.8 Å². The van der Waals surface area contributed by atoms with Crippen molar-refractivity contribution in [2.45, 2.75) is 58.2 Å². The molecule has 0 aliphatic heterocycles. The Hall–Kier alpha value is -1.52. The van der Waals surface area contributed by atoms with Crippen molar-refractivity contribution in [1.82, 2.24) is 5.32 Å². The monoisotopic (exact) mass is 417 g/mol. The summed E-state index contributed by atoms with van der Waals surface area (Å²) in [6, 6.07) is 13.1. The minimum absolute atomic E-state index is 0.532. The number of hydrogen-bond donors (Lipinski definition) is 1. The lowest BCUT2D eigenvalue weighted by Crippen LogP contribution is -2.30. The van der Waals surface area contributed by atoms with Gasteiger partial charge in [0.25, 0.3) is 0 Å². The Balaban J connectivity index is 1.65. The summed E-state index contributed by atoms with van der Waals surface area (Å²) in [6.07, 6.45) is 6.63. The minimum atomic E-state index is 0.532. The first-order chi connectivity index (χ1) is 12.7. The zero-order valence-corrected chi connectivity index (χ0v) is 17.3. The largest absolute Gasteiger partial charge is 0.493 e. The van der Waals surface area contributed by atoms with Crippen molar-refractivity contribution in [3.05, 3.63) is 57.6 Å². The van der Waals surface area contributed by atoms with Gasteiger partial charge in [-0.3, -0.25) is 0 Å². The SMILES string of the molecule is COc1cc(CNC2CCCCC2)c(Br)cc1OCc1cccc(C)c1. The van der Waals surface area contributed by atoms with E-state index >= 15 is 0 Å². The number of rotatable bonds is 7. The molecule has 4 heteroatoms. The van der Waals surface area contributed by atoms with Crippen molar-refractivity contribution >= 4 is 15.9 Å². The minimum Gasteiger partial charge on any atom is -0.493 e. The number of halogens is 1. The van der Waals surface area contributed by atoms with Gasteiger partial charge in [-0.05, 0) is 43.0 Å². The van der Waals surface area contributed by atoms with Crippen LogP contribution in [0.5, 0.6) is 11.5 Å². The van der Waals surface area contributed by atoms with Gasteiger partial charge in [-0.25, -0.2) is 0 Å². The molecule has 3 rings (SSSR count). The van der Waals surface area contributed by atoms with Crippen LogP contribution in [0, 0.1) is 6.92 Å². The molecule has 1 aliphatic carbocycles. The molecule has 3 nitrogen and oxygen atoms in total. The molecule has 26 heavy (non-hydrogen) atoms. The molecule has 1 fully saturated rings. The van der Waals surface area contributed by atoms with E-state index in [9.17, 15) is 0 Å². The summed E-state index contributed by atoms with van der Waals surface area (Å²) in [6.45, 7) is 3.47. The lowest BCUT2D eigenvalue weighted by molar-refractivity contribution is 0.284. The zero-order valence-electron chi connectivity index (χ0n) is 15.7. The van der Waals surface area contributed by atoms with Crippen molar-refractivity contribution in [3.63, 3.8) is 0 Å². The second kappa shape index (κ2) is 9.43. The van der Waals surface area contributed by atoms with Crippen molar-refractivity contribution < 1.29 is 9.47 Å². The Bertz CT molecular complexity index is 726. The highest BCUT2D eigenvalue weighted by molar-refractivity contribution is 9.10. The fourth-order valence-corrected chi connectivity index (χ4v) is 3.97. The summed E-state index contributed by atoms with van der Waals surface area (Å²) >= 11 is 3.70. The summed E-state index contributed by atoms with van der Waals surface area (Å²) in [5, 5.41) is 3.69. The lowest BCUT2D eigenvalue weighted by atomic mass is 9.95. The third-order valence-electron chi connectivity index (χ3n) is 5.00. The maximum atomic E-state index is 6.02.